The highest BCUT2D eigenvalue weighted by Crippen LogP contribution is 2.68. The van der Waals surface area contributed by atoms with Gasteiger partial charge in [0.15, 0.2) is 0 Å². The van der Waals surface area contributed by atoms with E-state index in [0.717, 1.165) is 12.8 Å². The van der Waals surface area contributed by atoms with E-state index in [0.29, 0.717) is 0 Å². The Kier molecular flexibility index (Phi) is 4.61. The lowest BCUT2D eigenvalue weighted by molar-refractivity contribution is 1.15. The van der Waals surface area contributed by atoms with Gasteiger partial charge in [-0.05, 0) is 53.3 Å². The summed E-state index contributed by atoms with van der Waals surface area (Å²) in [6.45, 7) is 4.67. The van der Waals surface area contributed by atoms with E-state index < -0.39 is 7.26 Å². The highest BCUT2D eigenvalue weighted by molar-refractivity contribution is 7.99. The van der Waals surface area contributed by atoms with Gasteiger partial charge in [-0.1, -0.05) is 80.6 Å². The van der Waals surface area contributed by atoms with Crippen LogP contribution in [0.2, 0.25) is 0 Å². The summed E-state index contributed by atoms with van der Waals surface area (Å²) < 4.78 is 0. The maximum Gasteiger partial charge on any atom is 0.141 e. The number of hydrogen-bond acceptors (Lipinski definition) is 0. The molecule has 0 saturated carbocycles. The van der Waals surface area contributed by atoms with Crippen molar-refractivity contribution < 1.29 is 0 Å². The third-order valence-electron chi connectivity index (χ3n) is 6.30. The van der Waals surface area contributed by atoms with E-state index in [1.807, 2.05) is 0 Å². The SMILES string of the molecule is CCC1=C(CC)[P+](c2ccccc2)(c2ccccc2)c2cccc3cccc1c23. The Bertz CT molecular complexity index is 1160. The Morgan fingerprint density at radius 3 is 1.72 bits per heavy atom. The van der Waals surface area contributed by atoms with Crippen LogP contribution in [0.5, 0.6) is 0 Å². The molecule has 0 aromatic heterocycles. The Hall–Kier alpha value is -2.69. The van der Waals surface area contributed by atoms with Gasteiger partial charge in [-0.3, -0.25) is 0 Å². The third-order valence-corrected chi connectivity index (χ3v) is 10.9. The first-order chi connectivity index (χ1) is 14.3. The molecule has 0 fully saturated rings. The topological polar surface area (TPSA) is 0 Å². The van der Waals surface area contributed by atoms with Gasteiger partial charge in [-0.25, -0.2) is 0 Å². The fourth-order valence-corrected chi connectivity index (χ4v) is 10.3. The molecule has 5 rings (SSSR count). The van der Waals surface area contributed by atoms with Crippen molar-refractivity contribution >= 4 is 39.5 Å². The van der Waals surface area contributed by atoms with Crippen LogP contribution in [0.25, 0.3) is 16.3 Å². The zero-order valence-corrected chi connectivity index (χ0v) is 18.0. The highest BCUT2D eigenvalue weighted by atomic mass is 31.2. The number of allylic oxidation sites excluding steroid dienone is 2. The molecular weight excluding hydrogens is 367 g/mol. The second kappa shape index (κ2) is 7.29. The minimum absolute atomic E-state index is 1.07. The van der Waals surface area contributed by atoms with E-state index in [-0.39, 0.29) is 0 Å². The Balaban J connectivity index is 2.05. The average molecular weight is 393 g/mol. The van der Waals surface area contributed by atoms with Crippen LogP contribution in [0, 0.1) is 0 Å². The molecule has 0 nitrogen and oxygen atoms in total. The fraction of sp³-hybridized carbons (Fsp3) is 0.143. The molecule has 29 heavy (non-hydrogen) atoms. The van der Waals surface area contributed by atoms with Crippen LogP contribution in [-0.2, 0) is 0 Å². The summed E-state index contributed by atoms with van der Waals surface area (Å²) in [5.41, 5.74) is 3.00. The van der Waals surface area contributed by atoms with Crippen LogP contribution in [0.1, 0.15) is 32.3 Å². The largest absolute Gasteiger partial charge is 0.141 e. The normalized spacial score (nSPS) is 15.0. The van der Waals surface area contributed by atoms with Crippen molar-refractivity contribution in [2.45, 2.75) is 26.7 Å². The molecule has 1 heterocycles. The molecule has 0 amide bonds. The Labute approximate surface area is 174 Å². The first kappa shape index (κ1) is 18.3. The molecular formula is C28H26P+. The lowest BCUT2D eigenvalue weighted by atomic mass is 9.95. The van der Waals surface area contributed by atoms with Crippen LogP contribution in [0.4, 0.5) is 0 Å². The molecule has 0 saturated heterocycles. The minimum atomic E-state index is -1.91. The molecule has 0 radical (unpaired) electrons. The molecule has 0 aliphatic carbocycles. The summed E-state index contributed by atoms with van der Waals surface area (Å²) in [4.78, 5) is 0. The van der Waals surface area contributed by atoms with Crippen LogP contribution in [-0.4, -0.2) is 0 Å². The monoisotopic (exact) mass is 393 g/mol. The molecule has 1 heteroatoms. The molecule has 0 atom stereocenters. The highest BCUT2D eigenvalue weighted by Gasteiger charge is 2.53. The van der Waals surface area contributed by atoms with Crippen molar-refractivity contribution in [1.82, 2.24) is 0 Å². The zero-order valence-electron chi connectivity index (χ0n) is 17.1. The molecule has 1 aliphatic rings. The quantitative estimate of drug-likeness (QED) is 0.339. The van der Waals surface area contributed by atoms with Crippen molar-refractivity contribution in [3.63, 3.8) is 0 Å². The van der Waals surface area contributed by atoms with Crippen molar-refractivity contribution in [1.29, 1.82) is 0 Å². The maximum atomic E-state index is 2.40. The summed E-state index contributed by atoms with van der Waals surface area (Å²) >= 11 is 0. The van der Waals surface area contributed by atoms with Crippen LogP contribution >= 0.6 is 7.26 Å². The van der Waals surface area contributed by atoms with Crippen molar-refractivity contribution in [2.24, 2.45) is 0 Å². The van der Waals surface area contributed by atoms with Gasteiger partial charge in [0.1, 0.15) is 23.2 Å². The lowest BCUT2D eigenvalue weighted by Gasteiger charge is -2.35. The first-order valence-electron chi connectivity index (χ1n) is 10.6. The van der Waals surface area contributed by atoms with Gasteiger partial charge in [0.2, 0.25) is 0 Å². The van der Waals surface area contributed by atoms with Gasteiger partial charge in [0.05, 0.1) is 5.31 Å². The number of benzene rings is 4. The van der Waals surface area contributed by atoms with Crippen LogP contribution in [0.15, 0.2) is 102 Å². The average Bonchev–Trinajstić information content (AvgIpc) is 2.80. The summed E-state index contributed by atoms with van der Waals surface area (Å²) in [7, 11) is -1.91. The maximum absolute atomic E-state index is 2.40. The van der Waals surface area contributed by atoms with E-state index in [2.05, 4.69) is 111 Å². The Morgan fingerprint density at radius 1 is 0.586 bits per heavy atom. The zero-order chi connectivity index (χ0) is 19.8. The van der Waals surface area contributed by atoms with Gasteiger partial charge in [0.25, 0.3) is 0 Å². The van der Waals surface area contributed by atoms with Crippen LogP contribution in [0.3, 0.4) is 0 Å². The number of hydrogen-bond donors (Lipinski definition) is 0. The van der Waals surface area contributed by atoms with Gasteiger partial charge < -0.3 is 0 Å². The molecule has 142 valence electrons. The molecule has 0 unspecified atom stereocenters. The number of rotatable bonds is 4. The van der Waals surface area contributed by atoms with E-state index >= 15 is 0 Å². The van der Waals surface area contributed by atoms with Crippen LogP contribution < -0.4 is 15.9 Å². The first-order valence-corrected chi connectivity index (χ1v) is 12.4. The molecule has 4 aromatic rings. The van der Waals surface area contributed by atoms with E-state index in [1.54, 1.807) is 10.9 Å². The second-order valence-corrected chi connectivity index (χ2v) is 11.1. The Morgan fingerprint density at radius 2 is 1.17 bits per heavy atom. The lowest BCUT2D eigenvalue weighted by Crippen LogP contribution is -2.35. The molecule has 1 aliphatic heterocycles. The summed E-state index contributed by atoms with van der Waals surface area (Å²) in [6.07, 6.45) is 2.14. The molecule has 0 N–H and O–H groups in total. The summed E-state index contributed by atoms with van der Waals surface area (Å²) in [6, 6.07) is 36.3. The predicted octanol–water partition coefficient (Wildman–Crippen LogP) is 6.68. The van der Waals surface area contributed by atoms with Gasteiger partial charge in [-0.15, -0.1) is 0 Å². The van der Waals surface area contributed by atoms with Crippen molar-refractivity contribution in [2.75, 3.05) is 0 Å². The fourth-order valence-electron chi connectivity index (χ4n) is 5.24. The van der Waals surface area contributed by atoms with Crippen molar-refractivity contribution in [3.05, 3.63) is 108 Å². The molecule has 0 bridgehead atoms. The van der Waals surface area contributed by atoms with E-state index in [9.17, 15) is 0 Å². The standard InChI is InChI=1S/C28H26P/c1-3-24-25-19-11-13-21-14-12-20-27(28(21)25)29(26(24)4-2,22-15-7-5-8-16-22)23-17-9-6-10-18-23/h5-20H,3-4H2,1-2H3/q+1. The molecule has 4 aromatic carbocycles. The van der Waals surface area contributed by atoms with Crippen molar-refractivity contribution in [3.8, 4) is 0 Å². The predicted molar refractivity (Wildman–Crippen MR) is 130 cm³/mol. The van der Waals surface area contributed by atoms with E-state index in [1.165, 1.54) is 32.2 Å². The minimum Gasteiger partial charge on any atom is -0.0620 e. The van der Waals surface area contributed by atoms with Gasteiger partial charge >= 0.3 is 0 Å². The molecule has 0 spiro atoms. The van der Waals surface area contributed by atoms with Gasteiger partial charge in [0, 0.05) is 11.8 Å². The third kappa shape index (κ3) is 2.56. The van der Waals surface area contributed by atoms with E-state index in [4.69, 9.17) is 0 Å². The summed E-state index contributed by atoms with van der Waals surface area (Å²) in [5.74, 6) is 0. The second-order valence-electron chi connectivity index (χ2n) is 7.66. The summed E-state index contributed by atoms with van der Waals surface area (Å²) in [5, 5.41) is 8.93. The smallest absolute Gasteiger partial charge is 0.0620 e. The van der Waals surface area contributed by atoms with Gasteiger partial charge in [-0.2, -0.15) is 0 Å².